The largest absolute Gasteiger partial charge is 0.479 e. The summed E-state index contributed by atoms with van der Waals surface area (Å²) in [6.45, 7) is 1.22. The van der Waals surface area contributed by atoms with E-state index in [9.17, 15) is 9.59 Å². The third-order valence-corrected chi connectivity index (χ3v) is 5.99. The summed E-state index contributed by atoms with van der Waals surface area (Å²) in [7, 11) is 1.43. The number of likely N-dealkylation sites (tertiary alicyclic amines) is 1. The van der Waals surface area contributed by atoms with Crippen molar-refractivity contribution >= 4 is 29.6 Å². The van der Waals surface area contributed by atoms with Gasteiger partial charge in [-0.1, -0.05) is 30.3 Å². The Kier molecular flexibility index (Phi) is 5.43. The number of nitrogens with zero attached hydrogens (tertiary/aromatic N) is 4. The van der Waals surface area contributed by atoms with Crippen molar-refractivity contribution in [2.45, 2.75) is 23.4 Å². The zero-order valence-electron chi connectivity index (χ0n) is 15.9. The molecule has 2 N–H and O–H groups in total. The molecule has 2 aliphatic heterocycles. The number of thioether (sulfide) groups is 1. The van der Waals surface area contributed by atoms with Gasteiger partial charge in [-0.25, -0.2) is 19.5 Å². The molecule has 0 spiro atoms. The second-order valence-corrected chi connectivity index (χ2v) is 7.87. The van der Waals surface area contributed by atoms with E-state index < -0.39 is 17.7 Å². The lowest BCUT2D eigenvalue weighted by atomic mass is 9.99. The Bertz CT molecular complexity index is 913. The fraction of sp³-hybridized carbons (Fsp3) is 0.368. The molecule has 2 unspecified atom stereocenters. The van der Waals surface area contributed by atoms with Gasteiger partial charge >= 0.3 is 12.1 Å². The number of primary amides is 1. The minimum absolute atomic E-state index is 0.198. The molecule has 152 valence electrons. The van der Waals surface area contributed by atoms with Crippen LogP contribution in [0.4, 0.5) is 15.3 Å². The second kappa shape index (κ2) is 8.16. The number of hydrogen-bond acceptors (Lipinski definition) is 7. The fourth-order valence-corrected chi connectivity index (χ4v) is 4.65. The van der Waals surface area contributed by atoms with Crippen molar-refractivity contribution in [3.8, 4) is 5.88 Å². The number of carbonyl (C=O) groups is 2. The highest BCUT2D eigenvalue weighted by Crippen LogP contribution is 2.46. The SMILES string of the molecule is COc1ncnc2c1N(C(N)=O)C(OC(=O)N1CCC(Cc3ccccc3)C1)S2. The number of rotatable bonds is 4. The standard InChI is InChI=1S/C19H21N5O4S/c1-27-15-14-16(22-11-21-15)29-19(24(14)17(20)25)28-18(26)23-8-7-13(10-23)9-12-5-3-2-4-6-12/h2-6,11,13,19H,7-10H2,1H3,(H2,20,25). The minimum atomic E-state index is -0.950. The summed E-state index contributed by atoms with van der Waals surface area (Å²) in [4.78, 5) is 35.7. The number of urea groups is 1. The fourth-order valence-electron chi connectivity index (χ4n) is 3.61. The van der Waals surface area contributed by atoms with Crippen LogP contribution >= 0.6 is 11.8 Å². The van der Waals surface area contributed by atoms with Gasteiger partial charge in [0.2, 0.25) is 11.4 Å². The Labute approximate surface area is 172 Å². The van der Waals surface area contributed by atoms with Crippen LogP contribution in [0.2, 0.25) is 0 Å². The quantitative estimate of drug-likeness (QED) is 0.764. The number of nitrogens with two attached hydrogens (primary N) is 1. The van der Waals surface area contributed by atoms with E-state index in [2.05, 4.69) is 22.1 Å². The van der Waals surface area contributed by atoms with Gasteiger partial charge in [-0.05, 0) is 36.1 Å². The summed E-state index contributed by atoms with van der Waals surface area (Å²) in [5.74, 6) is 0.570. The molecule has 1 aromatic heterocycles. The van der Waals surface area contributed by atoms with E-state index in [0.29, 0.717) is 29.7 Å². The topological polar surface area (TPSA) is 111 Å². The maximum absolute atomic E-state index is 12.7. The van der Waals surface area contributed by atoms with Gasteiger partial charge in [0.25, 0.3) is 0 Å². The monoisotopic (exact) mass is 415 g/mol. The first-order valence-corrected chi connectivity index (χ1v) is 10.1. The molecular weight excluding hydrogens is 394 g/mol. The Morgan fingerprint density at radius 1 is 1.28 bits per heavy atom. The van der Waals surface area contributed by atoms with E-state index >= 15 is 0 Å². The van der Waals surface area contributed by atoms with Crippen molar-refractivity contribution in [2.75, 3.05) is 25.1 Å². The zero-order valence-corrected chi connectivity index (χ0v) is 16.7. The molecule has 0 aliphatic carbocycles. The molecule has 0 radical (unpaired) electrons. The van der Waals surface area contributed by atoms with Crippen molar-refractivity contribution in [2.24, 2.45) is 11.7 Å². The predicted molar refractivity (Wildman–Crippen MR) is 107 cm³/mol. The van der Waals surface area contributed by atoms with Crippen molar-refractivity contribution in [3.63, 3.8) is 0 Å². The molecule has 3 amide bonds. The van der Waals surface area contributed by atoms with Crippen LogP contribution in [0.25, 0.3) is 0 Å². The van der Waals surface area contributed by atoms with Gasteiger partial charge in [0.05, 0.1) is 7.11 Å². The van der Waals surface area contributed by atoms with E-state index in [0.717, 1.165) is 29.5 Å². The third-order valence-electron chi connectivity index (χ3n) is 4.96. The summed E-state index contributed by atoms with van der Waals surface area (Å²) < 4.78 is 10.8. The van der Waals surface area contributed by atoms with Gasteiger partial charge in [-0.2, -0.15) is 4.98 Å². The molecule has 2 aliphatic rings. The first-order chi connectivity index (χ1) is 14.1. The smallest absolute Gasteiger partial charge is 0.412 e. The molecule has 2 aromatic rings. The van der Waals surface area contributed by atoms with Gasteiger partial charge in [0, 0.05) is 13.1 Å². The van der Waals surface area contributed by atoms with Crippen LogP contribution in [0.5, 0.6) is 5.88 Å². The highest BCUT2D eigenvalue weighted by Gasteiger charge is 2.42. The lowest BCUT2D eigenvalue weighted by molar-refractivity contribution is 0.101. The first-order valence-electron chi connectivity index (χ1n) is 9.20. The summed E-state index contributed by atoms with van der Waals surface area (Å²) in [5.41, 5.74) is 6.13. The number of aromatic nitrogens is 2. The van der Waals surface area contributed by atoms with Crippen molar-refractivity contribution in [3.05, 3.63) is 42.2 Å². The molecule has 1 fully saturated rings. The lowest BCUT2D eigenvalue weighted by Gasteiger charge is -2.25. The average Bonchev–Trinajstić information content (AvgIpc) is 3.32. The molecule has 2 atom stereocenters. The number of carbonyl (C=O) groups excluding carboxylic acids is 2. The van der Waals surface area contributed by atoms with E-state index in [4.69, 9.17) is 15.2 Å². The lowest BCUT2D eigenvalue weighted by Crippen LogP contribution is -2.44. The van der Waals surface area contributed by atoms with Crippen molar-refractivity contribution < 1.29 is 19.1 Å². The van der Waals surface area contributed by atoms with Crippen LogP contribution in [0.3, 0.4) is 0 Å². The van der Waals surface area contributed by atoms with Crippen LogP contribution in [-0.4, -0.2) is 52.8 Å². The van der Waals surface area contributed by atoms with Gasteiger partial charge in [0.15, 0.2) is 0 Å². The molecule has 1 saturated heterocycles. The van der Waals surface area contributed by atoms with Crippen LogP contribution in [0, 0.1) is 5.92 Å². The molecule has 0 bridgehead atoms. The summed E-state index contributed by atoms with van der Waals surface area (Å²) in [5, 5.41) is 0.469. The Balaban J connectivity index is 1.41. The highest BCUT2D eigenvalue weighted by atomic mass is 32.2. The van der Waals surface area contributed by atoms with Crippen molar-refractivity contribution in [1.82, 2.24) is 14.9 Å². The Morgan fingerprint density at radius 3 is 2.79 bits per heavy atom. The van der Waals surface area contributed by atoms with Gasteiger partial charge < -0.3 is 20.1 Å². The van der Waals surface area contributed by atoms with Gasteiger partial charge in [-0.3, -0.25) is 0 Å². The first kappa shape index (κ1) is 19.3. The van der Waals surface area contributed by atoms with E-state index in [-0.39, 0.29) is 5.88 Å². The highest BCUT2D eigenvalue weighted by molar-refractivity contribution is 8.00. The number of methoxy groups -OCH3 is 1. The molecule has 3 heterocycles. The summed E-state index contributed by atoms with van der Waals surface area (Å²) in [6, 6.07) is 9.43. The van der Waals surface area contributed by atoms with Crippen LogP contribution in [-0.2, 0) is 11.2 Å². The second-order valence-electron chi connectivity index (χ2n) is 6.84. The molecule has 0 saturated carbocycles. The van der Waals surface area contributed by atoms with Gasteiger partial charge in [-0.15, -0.1) is 0 Å². The normalized spacial score (nSPS) is 20.4. The maximum atomic E-state index is 12.7. The number of fused-ring (bicyclic) bond motifs is 1. The molecule has 9 nitrogen and oxygen atoms in total. The minimum Gasteiger partial charge on any atom is -0.479 e. The Hall–Kier alpha value is -3.01. The third kappa shape index (κ3) is 3.93. The number of amides is 3. The van der Waals surface area contributed by atoms with Gasteiger partial charge in [0.1, 0.15) is 17.0 Å². The molecule has 29 heavy (non-hydrogen) atoms. The predicted octanol–water partition coefficient (Wildman–Crippen LogP) is 2.46. The summed E-state index contributed by atoms with van der Waals surface area (Å²) >= 11 is 1.12. The average molecular weight is 415 g/mol. The number of ether oxygens (including phenoxy) is 2. The number of anilines is 1. The molecule has 1 aromatic carbocycles. The molecular formula is C19H21N5O4S. The zero-order chi connectivity index (χ0) is 20.4. The van der Waals surface area contributed by atoms with E-state index in [1.165, 1.54) is 19.0 Å². The van der Waals surface area contributed by atoms with E-state index in [1.807, 2.05) is 18.2 Å². The maximum Gasteiger partial charge on any atom is 0.412 e. The van der Waals surface area contributed by atoms with Crippen LogP contribution < -0.4 is 15.4 Å². The summed E-state index contributed by atoms with van der Waals surface area (Å²) in [6.07, 6.45) is 2.65. The van der Waals surface area contributed by atoms with Crippen LogP contribution in [0.1, 0.15) is 12.0 Å². The molecule has 10 heteroatoms. The van der Waals surface area contributed by atoms with Crippen molar-refractivity contribution in [1.29, 1.82) is 0 Å². The number of benzene rings is 1. The number of hydrogen-bond donors (Lipinski definition) is 1. The molecule has 4 rings (SSSR count). The Morgan fingerprint density at radius 2 is 2.07 bits per heavy atom. The van der Waals surface area contributed by atoms with Crippen LogP contribution in [0.15, 0.2) is 41.7 Å². The van der Waals surface area contributed by atoms with E-state index in [1.54, 1.807) is 4.90 Å².